The average Bonchev–Trinajstić information content (AvgIpc) is 2.78. The summed E-state index contributed by atoms with van der Waals surface area (Å²) in [5, 5.41) is 23.0. The molecule has 0 spiro atoms. The molecule has 0 unspecified atom stereocenters. The van der Waals surface area contributed by atoms with Gasteiger partial charge >= 0.3 is 5.97 Å². The number of ether oxygens (including phenoxy) is 2. The minimum Gasteiger partial charge on any atom is -0.478 e. The van der Waals surface area contributed by atoms with Crippen LogP contribution in [0.1, 0.15) is 50.4 Å². The lowest BCUT2D eigenvalue weighted by molar-refractivity contribution is -0.383. The minimum absolute atomic E-state index is 0.00400. The molecule has 0 radical (unpaired) electrons. The Bertz CT molecular complexity index is 1040. The van der Waals surface area contributed by atoms with Crippen molar-refractivity contribution >= 4 is 23.3 Å². The van der Waals surface area contributed by atoms with Crippen LogP contribution in [0.15, 0.2) is 42.5 Å². The summed E-state index contributed by atoms with van der Waals surface area (Å²) in [4.78, 5) is 34.5. The lowest BCUT2D eigenvalue weighted by Gasteiger charge is -2.37. The van der Waals surface area contributed by atoms with E-state index >= 15 is 0 Å². The smallest absolute Gasteiger partial charge is 0.335 e. The number of anilines is 1. The fourth-order valence-corrected chi connectivity index (χ4v) is 4.31. The predicted octanol–water partition coefficient (Wildman–Crippen LogP) is 5.50. The van der Waals surface area contributed by atoms with Crippen LogP contribution in [0.25, 0.3) is 0 Å². The largest absolute Gasteiger partial charge is 0.478 e. The third kappa shape index (κ3) is 6.54. The molecule has 2 N–H and O–H groups in total. The predicted molar refractivity (Wildman–Crippen MR) is 126 cm³/mol. The van der Waals surface area contributed by atoms with E-state index in [2.05, 4.69) is 26.1 Å². The number of aromatic carboxylic acids is 1. The molecule has 2 aromatic rings. The van der Waals surface area contributed by atoms with Crippen molar-refractivity contribution in [3.63, 3.8) is 0 Å². The van der Waals surface area contributed by atoms with Crippen molar-refractivity contribution in [1.29, 1.82) is 0 Å². The second-order valence-corrected chi connectivity index (χ2v) is 9.09. The van der Waals surface area contributed by atoms with E-state index in [1.165, 1.54) is 42.5 Å². The molecule has 1 saturated carbocycles. The van der Waals surface area contributed by atoms with Gasteiger partial charge in [-0.2, -0.15) is 0 Å². The van der Waals surface area contributed by atoms with Crippen LogP contribution in [0.4, 0.5) is 11.4 Å². The fraction of sp³-hybridized carbons (Fsp3) is 0.440. The zero-order valence-electron chi connectivity index (χ0n) is 19.5. The Morgan fingerprint density at radius 3 is 2.44 bits per heavy atom. The number of nitrogens with one attached hydrogen (secondary N) is 1. The van der Waals surface area contributed by atoms with Crippen molar-refractivity contribution in [3.05, 3.63) is 58.1 Å². The van der Waals surface area contributed by atoms with E-state index in [1.807, 2.05) is 0 Å². The quantitative estimate of drug-likeness (QED) is 0.366. The molecule has 0 heterocycles. The number of nitrogens with zero attached hydrogens (tertiary/aromatic N) is 1. The van der Waals surface area contributed by atoms with Crippen LogP contribution in [0, 0.1) is 27.9 Å². The summed E-state index contributed by atoms with van der Waals surface area (Å²) in [5.74, 6) is 0.421. The number of rotatable bonds is 9. The number of carboxylic acids is 1. The van der Waals surface area contributed by atoms with E-state index in [9.17, 15) is 19.7 Å². The maximum Gasteiger partial charge on any atom is 0.335 e. The molecule has 2 aromatic carbocycles. The topological polar surface area (TPSA) is 128 Å². The SMILES string of the molecule is CC(C)[C@@H]1CC[C@@H](C)C[C@H]1OCC(=O)Nc1cc(Oc2ccc(C(=O)O)cc2)ccc1[N+](=O)[O-]. The van der Waals surface area contributed by atoms with Gasteiger partial charge in [0.2, 0.25) is 0 Å². The normalized spacial score (nSPS) is 20.1. The highest BCUT2D eigenvalue weighted by atomic mass is 16.6. The van der Waals surface area contributed by atoms with Crippen LogP contribution < -0.4 is 10.1 Å². The Morgan fingerprint density at radius 2 is 1.82 bits per heavy atom. The zero-order valence-corrected chi connectivity index (χ0v) is 19.5. The highest BCUT2D eigenvalue weighted by Gasteiger charge is 2.32. The number of hydrogen-bond acceptors (Lipinski definition) is 6. The molecule has 0 aromatic heterocycles. The maximum absolute atomic E-state index is 12.6. The zero-order chi connectivity index (χ0) is 24.8. The molecule has 34 heavy (non-hydrogen) atoms. The number of carboxylic acid groups (broad SMARTS) is 1. The van der Waals surface area contributed by atoms with Crippen LogP contribution >= 0.6 is 0 Å². The van der Waals surface area contributed by atoms with Crippen molar-refractivity contribution < 1.29 is 29.1 Å². The first-order valence-electron chi connectivity index (χ1n) is 11.3. The van der Waals surface area contributed by atoms with Gasteiger partial charge in [-0.1, -0.05) is 27.2 Å². The van der Waals surface area contributed by atoms with Gasteiger partial charge in [0.1, 0.15) is 23.8 Å². The lowest BCUT2D eigenvalue weighted by Crippen LogP contribution is -2.36. The van der Waals surface area contributed by atoms with Gasteiger partial charge < -0.3 is 19.9 Å². The standard InChI is InChI=1S/C25H30N2O7/c1-15(2)20-10-4-16(3)12-23(20)33-14-24(28)26-21-13-19(9-11-22(21)27(31)32)34-18-7-5-17(6-8-18)25(29)30/h5-9,11,13,15-16,20,23H,4,10,12,14H2,1-3H3,(H,26,28)(H,29,30)/t16-,20+,23-/m1/s1. The highest BCUT2D eigenvalue weighted by molar-refractivity contribution is 5.94. The average molecular weight is 471 g/mol. The van der Waals surface area contributed by atoms with Gasteiger partial charge in [0.05, 0.1) is 16.6 Å². The number of hydrogen-bond donors (Lipinski definition) is 2. The second-order valence-electron chi connectivity index (χ2n) is 9.09. The van der Waals surface area contributed by atoms with Crippen LogP contribution in [-0.4, -0.2) is 34.6 Å². The summed E-state index contributed by atoms with van der Waals surface area (Å²) < 4.78 is 11.6. The van der Waals surface area contributed by atoms with Crippen LogP contribution in [0.2, 0.25) is 0 Å². The Balaban J connectivity index is 1.68. The number of benzene rings is 2. The third-order valence-corrected chi connectivity index (χ3v) is 6.17. The molecule has 182 valence electrons. The lowest BCUT2D eigenvalue weighted by atomic mass is 9.75. The van der Waals surface area contributed by atoms with Crippen molar-refractivity contribution in [3.8, 4) is 11.5 Å². The van der Waals surface area contributed by atoms with Gasteiger partial charge in [-0.05, 0) is 60.9 Å². The highest BCUT2D eigenvalue weighted by Crippen LogP contribution is 2.35. The molecule has 1 fully saturated rings. The van der Waals surface area contributed by atoms with Crippen LogP contribution in [0.5, 0.6) is 11.5 Å². The van der Waals surface area contributed by atoms with Gasteiger partial charge in [-0.15, -0.1) is 0 Å². The van der Waals surface area contributed by atoms with Crippen molar-refractivity contribution in [1.82, 2.24) is 0 Å². The number of nitro groups is 1. The number of carbonyl (C=O) groups excluding carboxylic acids is 1. The fourth-order valence-electron chi connectivity index (χ4n) is 4.31. The van der Waals surface area contributed by atoms with Crippen LogP contribution in [0.3, 0.4) is 0 Å². The Morgan fingerprint density at radius 1 is 1.15 bits per heavy atom. The molecular formula is C25H30N2O7. The first kappa shape index (κ1) is 25.2. The summed E-state index contributed by atoms with van der Waals surface area (Å²) in [6.07, 6.45) is 3.07. The van der Waals surface area contributed by atoms with Crippen molar-refractivity contribution in [2.75, 3.05) is 11.9 Å². The van der Waals surface area contributed by atoms with Gasteiger partial charge in [-0.3, -0.25) is 14.9 Å². The third-order valence-electron chi connectivity index (χ3n) is 6.17. The molecule has 9 heteroatoms. The molecule has 3 rings (SSSR count). The summed E-state index contributed by atoms with van der Waals surface area (Å²) in [7, 11) is 0. The molecule has 1 amide bonds. The van der Waals surface area contributed by atoms with E-state index in [1.54, 1.807) is 0 Å². The van der Waals surface area contributed by atoms with Crippen molar-refractivity contribution in [2.24, 2.45) is 17.8 Å². The van der Waals surface area contributed by atoms with Gasteiger partial charge in [0, 0.05) is 12.1 Å². The van der Waals surface area contributed by atoms with E-state index in [0.29, 0.717) is 23.5 Å². The number of carbonyl (C=O) groups is 2. The molecule has 3 atom stereocenters. The van der Waals surface area contributed by atoms with Gasteiger partial charge in [-0.25, -0.2) is 4.79 Å². The monoisotopic (exact) mass is 470 g/mol. The van der Waals surface area contributed by atoms with Crippen LogP contribution in [-0.2, 0) is 9.53 Å². The van der Waals surface area contributed by atoms with E-state index in [4.69, 9.17) is 14.6 Å². The maximum atomic E-state index is 12.6. The molecule has 0 aliphatic heterocycles. The molecule has 1 aliphatic rings. The van der Waals surface area contributed by atoms with E-state index in [0.717, 1.165) is 19.3 Å². The Hall–Kier alpha value is -3.46. The van der Waals surface area contributed by atoms with Crippen molar-refractivity contribution in [2.45, 2.75) is 46.1 Å². The van der Waals surface area contributed by atoms with Gasteiger partial charge in [0.25, 0.3) is 11.6 Å². The van der Waals surface area contributed by atoms with E-state index < -0.39 is 16.8 Å². The Labute approximate surface area is 198 Å². The first-order valence-corrected chi connectivity index (χ1v) is 11.3. The molecule has 0 saturated heterocycles. The number of nitro benzene ring substituents is 1. The number of amides is 1. The Kier molecular flexibility index (Phi) is 8.22. The summed E-state index contributed by atoms with van der Waals surface area (Å²) >= 11 is 0. The minimum atomic E-state index is -1.06. The van der Waals surface area contributed by atoms with Gasteiger partial charge in [0.15, 0.2) is 0 Å². The summed E-state index contributed by atoms with van der Waals surface area (Å²) in [5.41, 5.74) is -0.167. The second kappa shape index (κ2) is 11.1. The first-order chi connectivity index (χ1) is 16.1. The summed E-state index contributed by atoms with van der Waals surface area (Å²) in [6, 6.07) is 9.75. The van der Waals surface area contributed by atoms with E-state index in [-0.39, 0.29) is 35.4 Å². The summed E-state index contributed by atoms with van der Waals surface area (Å²) in [6.45, 7) is 6.29. The molecule has 1 aliphatic carbocycles. The molecule has 9 nitrogen and oxygen atoms in total. The molecule has 0 bridgehead atoms. The molecular weight excluding hydrogens is 440 g/mol.